The van der Waals surface area contributed by atoms with Gasteiger partial charge in [-0.2, -0.15) is 0 Å². The highest BCUT2D eigenvalue weighted by Crippen LogP contribution is 2.65. The summed E-state index contributed by atoms with van der Waals surface area (Å²) in [6.07, 6.45) is 11.7. The van der Waals surface area contributed by atoms with Crippen molar-refractivity contribution >= 4 is 5.78 Å². The molecule has 0 spiro atoms. The summed E-state index contributed by atoms with van der Waals surface area (Å²) < 4.78 is 11.2. The summed E-state index contributed by atoms with van der Waals surface area (Å²) in [5.41, 5.74) is 2.07. The van der Waals surface area contributed by atoms with Crippen molar-refractivity contribution in [3.05, 3.63) is 11.6 Å². The van der Waals surface area contributed by atoms with Gasteiger partial charge in [-0.15, -0.1) is 0 Å². The highest BCUT2D eigenvalue weighted by molar-refractivity contribution is 5.91. The van der Waals surface area contributed by atoms with E-state index in [1.807, 2.05) is 6.08 Å². The number of allylic oxidation sites excluding steroid dienone is 1. The van der Waals surface area contributed by atoms with Crippen molar-refractivity contribution in [2.24, 2.45) is 28.6 Å². The predicted molar refractivity (Wildman–Crippen MR) is 93.5 cm³/mol. The molecule has 134 valence electrons. The van der Waals surface area contributed by atoms with Gasteiger partial charge in [0.05, 0.1) is 6.10 Å². The van der Waals surface area contributed by atoms with E-state index >= 15 is 0 Å². The lowest BCUT2D eigenvalue weighted by Crippen LogP contribution is -2.51. The second-order valence-corrected chi connectivity index (χ2v) is 9.15. The van der Waals surface area contributed by atoms with Crippen molar-refractivity contribution in [2.75, 3.05) is 13.9 Å². The van der Waals surface area contributed by atoms with Gasteiger partial charge in [-0.1, -0.05) is 19.4 Å². The highest BCUT2D eigenvalue weighted by atomic mass is 16.7. The number of ketones is 1. The summed E-state index contributed by atoms with van der Waals surface area (Å²) in [6.45, 7) is 5.35. The van der Waals surface area contributed by atoms with Gasteiger partial charge in [-0.05, 0) is 79.6 Å². The first kappa shape index (κ1) is 16.8. The van der Waals surface area contributed by atoms with Gasteiger partial charge in [0, 0.05) is 13.5 Å². The number of hydrogen-bond donors (Lipinski definition) is 0. The third kappa shape index (κ3) is 2.34. The summed E-state index contributed by atoms with van der Waals surface area (Å²) in [5.74, 6) is 2.73. The molecule has 0 N–H and O–H groups in total. The van der Waals surface area contributed by atoms with Crippen LogP contribution in [0.2, 0.25) is 0 Å². The number of carbonyl (C=O) groups excluding carboxylic acids is 1. The van der Waals surface area contributed by atoms with Crippen LogP contribution in [0.1, 0.15) is 65.2 Å². The number of fused-ring (bicyclic) bond motifs is 5. The van der Waals surface area contributed by atoms with Crippen molar-refractivity contribution in [1.82, 2.24) is 0 Å². The van der Waals surface area contributed by atoms with E-state index in [2.05, 4.69) is 13.8 Å². The number of hydrogen-bond acceptors (Lipinski definition) is 3. The van der Waals surface area contributed by atoms with E-state index in [1.54, 1.807) is 7.11 Å². The summed E-state index contributed by atoms with van der Waals surface area (Å²) in [4.78, 5) is 11.9. The van der Waals surface area contributed by atoms with E-state index in [0.717, 1.165) is 37.0 Å². The average molecular weight is 332 g/mol. The summed E-state index contributed by atoms with van der Waals surface area (Å²) in [5, 5.41) is 0. The van der Waals surface area contributed by atoms with Gasteiger partial charge in [-0.25, -0.2) is 0 Å². The fourth-order valence-electron chi connectivity index (χ4n) is 6.94. The lowest BCUT2D eigenvalue weighted by molar-refractivity contribution is -0.138. The Kier molecular flexibility index (Phi) is 4.16. The van der Waals surface area contributed by atoms with Gasteiger partial charge >= 0.3 is 0 Å². The van der Waals surface area contributed by atoms with Gasteiger partial charge in [0.1, 0.15) is 6.79 Å². The standard InChI is InChI=1S/C21H32O3/c1-20-10-8-15(22)12-14(20)4-5-16-17-6-7-19(24-13-23-3)21(17,2)11-9-18(16)20/h12,16-19H,4-11,13H2,1-3H3/t16?,17?,18?,19-,20-,21-/m0/s1. The molecule has 3 heteroatoms. The first-order chi connectivity index (χ1) is 11.5. The summed E-state index contributed by atoms with van der Waals surface area (Å²) in [7, 11) is 1.71. The minimum absolute atomic E-state index is 0.281. The minimum Gasteiger partial charge on any atom is -0.359 e. The van der Waals surface area contributed by atoms with E-state index in [0.29, 0.717) is 24.1 Å². The molecule has 6 atom stereocenters. The second-order valence-electron chi connectivity index (χ2n) is 9.15. The molecule has 4 aliphatic rings. The zero-order chi connectivity index (χ0) is 16.9. The Morgan fingerprint density at radius 3 is 2.71 bits per heavy atom. The van der Waals surface area contributed by atoms with Crippen LogP contribution in [0.3, 0.4) is 0 Å². The Labute approximate surface area is 146 Å². The molecule has 3 unspecified atom stereocenters. The van der Waals surface area contributed by atoms with Crippen molar-refractivity contribution in [3.8, 4) is 0 Å². The first-order valence-electron chi connectivity index (χ1n) is 9.83. The Hall–Kier alpha value is -0.670. The lowest BCUT2D eigenvalue weighted by Gasteiger charge is -2.58. The SMILES string of the molecule is COCO[C@H]1CCC2C3CCC4=CC(=O)CC[C@]4(C)C3CC[C@@]21C. The van der Waals surface area contributed by atoms with E-state index in [9.17, 15) is 4.79 Å². The molecule has 4 rings (SSSR count). The Bertz CT molecular complexity index is 553. The van der Waals surface area contributed by atoms with Crippen molar-refractivity contribution in [1.29, 1.82) is 0 Å². The number of carbonyl (C=O) groups is 1. The van der Waals surface area contributed by atoms with Gasteiger partial charge in [-0.3, -0.25) is 4.79 Å². The normalized spacial score (nSPS) is 47.6. The molecule has 3 nitrogen and oxygen atoms in total. The molecular weight excluding hydrogens is 300 g/mol. The number of methoxy groups -OCH3 is 1. The second kappa shape index (κ2) is 5.95. The van der Waals surface area contributed by atoms with E-state index in [4.69, 9.17) is 9.47 Å². The molecular formula is C21H32O3. The van der Waals surface area contributed by atoms with Crippen LogP contribution in [-0.2, 0) is 14.3 Å². The lowest BCUT2D eigenvalue weighted by atomic mass is 9.47. The third-order valence-corrected chi connectivity index (χ3v) is 8.26. The maximum absolute atomic E-state index is 11.9. The number of rotatable bonds is 3. The van der Waals surface area contributed by atoms with Gasteiger partial charge in [0.15, 0.2) is 5.78 Å². The molecule has 0 radical (unpaired) electrons. The number of ether oxygens (including phenoxy) is 2. The summed E-state index contributed by atoms with van der Waals surface area (Å²) in [6, 6.07) is 0. The quantitative estimate of drug-likeness (QED) is 0.714. The highest BCUT2D eigenvalue weighted by Gasteiger charge is 2.59. The van der Waals surface area contributed by atoms with Gasteiger partial charge in [0.2, 0.25) is 0 Å². The molecule has 0 heterocycles. The first-order valence-corrected chi connectivity index (χ1v) is 9.83. The van der Waals surface area contributed by atoms with Crippen LogP contribution in [0, 0.1) is 28.6 Å². The molecule has 0 aromatic rings. The van der Waals surface area contributed by atoms with Crippen LogP contribution in [-0.4, -0.2) is 25.8 Å². The zero-order valence-corrected chi connectivity index (χ0v) is 15.5. The minimum atomic E-state index is 0.281. The van der Waals surface area contributed by atoms with Crippen LogP contribution in [0.4, 0.5) is 0 Å². The van der Waals surface area contributed by atoms with Crippen molar-refractivity contribution in [3.63, 3.8) is 0 Å². The Balaban J connectivity index is 1.59. The fourth-order valence-corrected chi connectivity index (χ4v) is 6.94. The van der Waals surface area contributed by atoms with Crippen LogP contribution in [0.5, 0.6) is 0 Å². The molecule has 0 aromatic carbocycles. The molecule has 24 heavy (non-hydrogen) atoms. The maximum Gasteiger partial charge on any atom is 0.155 e. The molecule has 0 saturated heterocycles. The van der Waals surface area contributed by atoms with E-state index in [-0.39, 0.29) is 5.41 Å². The summed E-state index contributed by atoms with van der Waals surface area (Å²) >= 11 is 0. The zero-order valence-electron chi connectivity index (χ0n) is 15.5. The monoisotopic (exact) mass is 332 g/mol. The van der Waals surface area contributed by atoms with Crippen LogP contribution in [0.25, 0.3) is 0 Å². The molecule has 3 saturated carbocycles. The van der Waals surface area contributed by atoms with Crippen LogP contribution < -0.4 is 0 Å². The largest absolute Gasteiger partial charge is 0.359 e. The Morgan fingerprint density at radius 1 is 1.08 bits per heavy atom. The maximum atomic E-state index is 11.9. The van der Waals surface area contributed by atoms with E-state index < -0.39 is 0 Å². The van der Waals surface area contributed by atoms with Crippen LogP contribution >= 0.6 is 0 Å². The van der Waals surface area contributed by atoms with Gasteiger partial charge < -0.3 is 9.47 Å². The molecule has 4 aliphatic carbocycles. The molecule has 3 fully saturated rings. The molecule has 0 amide bonds. The van der Waals surface area contributed by atoms with Crippen molar-refractivity contribution < 1.29 is 14.3 Å². The van der Waals surface area contributed by atoms with Crippen molar-refractivity contribution in [2.45, 2.75) is 71.3 Å². The predicted octanol–water partition coefficient (Wildman–Crippen LogP) is 4.51. The smallest absolute Gasteiger partial charge is 0.155 e. The molecule has 0 aromatic heterocycles. The molecule has 0 bridgehead atoms. The fraction of sp³-hybridized carbons (Fsp3) is 0.857. The Morgan fingerprint density at radius 2 is 1.92 bits per heavy atom. The third-order valence-electron chi connectivity index (χ3n) is 8.26. The topological polar surface area (TPSA) is 35.5 Å². The van der Waals surface area contributed by atoms with E-state index in [1.165, 1.54) is 37.7 Å². The average Bonchev–Trinajstić information content (AvgIpc) is 2.90. The van der Waals surface area contributed by atoms with Crippen LogP contribution in [0.15, 0.2) is 11.6 Å². The molecule has 0 aliphatic heterocycles. The van der Waals surface area contributed by atoms with Gasteiger partial charge in [0.25, 0.3) is 0 Å².